The van der Waals surface area contributed by atoms with Crippen LogP contribution in [0.2, 0.25) is 0 Å². The number of fused-ring (bicyclic) bond motifs is 4. The number of hydrogen-bond acceptors (Lipinski definition) is 2. The lowest BCUT2D eigenvalue weighted by molar-refractivity contribution is 0.517. The summed E-state index contributed by atoms with van der Waals surface area (Å²) in [6.07, 6.45) is 0. The molecule has 0 fully saturated rings. The lowest BCUT2D eigenvalue weighted by Crippen LogP contribution is -2.43. The second-order valence-electron chi connectivity index (χ2n) is 9.15. The van der Waals surface area contributed by atoms with Gasteiger partial charge in [0.15, 0.2) is 0 Å². The fraction of sp³-hybridized carbons (Fsp3) is 0.333. The average molecular weight is 342 g/mol. The van der Waals surface area contributed by atoms with Gasteiger partial charge in [0.1, 0.15) is 0 Å². The molecule has 0 aliphatic carbocycles. The Kier molecular flexibility index (Phi) is 2.92. The Labute approximate surface area is 156 Å². The van der Waals surface area contributed by atoms with Gasteiger partial charge in [-0.15, -0.1) is 0 Å². The molecule has 0 bridgehead atoms. The number of para-hydroxylation sites is 1. The van der Waals surface area contributed by atoms with Crippen molar-refractivity contribution < 1.29 is 0 Å². The maximum Gasteiger partial charge on any atom is 0.0958 e. The summed E-state index contributed by atoms with van der Waals surface area (Å²) in [6, 6.07) is 20.2. The predicted molar refractivity (Wildman–Crippen MR) is 112 cm³/mol. The second-order valence-corrected chi connectivity index (χ2v) is 9.15. The Hall–Kier alpha value is -2.48. The molecule has 2 aliphatic rings. The fourth-order valence-electron chi connectivity index (χ4n) is 4.87. The summed E-state index contributed by atoms with van der Waals surface area (Å²) in [5, 5.41) is 2.70. The summed E-state index contributed by atoms with van der Waals surface area (Å²) in [7, 11) is 0. The van der Waals surface area contributed by atoms with Crippen LogP contribution in [-0.2, 0) is 5.41 Å². The molecule has 2 heterocycles. The Morgan fingerprint density at radius 3 is 2.38 bits per heavy atom. The lowest BCUT2D eigenvalue weighted by atomic mass is 9.72. The number of benzene rings is 3. The van der Waals surface area contributed by atoms with Crippen molar-refractivity contribution in [3.05, 3.63) is 65.7 Å². The van der Waals surface area contributed by atoms with Crippen LogP contribution in [0.3, 0.4) is 0 Å². The van der Waals surface area contributed by atoms with Crippen molar-refractivity contribution in [2.75, 3.05) is 16.5 Å². The molecule has 26 heavy (non-hydrogen) atoms. The van der Waals surface area contributed by atoms with E-state index in [1.54, 1.807) is 0 Å². The molecule has 2 nitrogen and oxygen atoms in total. The molecular formula is C24H26N2. The van der Waals surface area contributed by atoms with Gasteiger partial charge in [-0.2, -0.15) is 0 Å². The van der Waals surface area contributed by atoms with E-state index in [0.717, 1.165) is 6.67 Å². The van der Waals surface area contributed by atoms with Crippen LogP contribution >= 0.6 is 0 Å². The first-order valence-corrected chi connectivity index (χ1v) is 9.51. The van der Waals surface area contributed by atoms with E-state index in [1.165, 1.54) is 39.0 Å². The molecule has 0 saturated carbocycles. The van der Waals surface area contributed by atoms with Crippen LogP contribution in [0.15, 0.2) is 54.6 Å². The highest BCUT2D eigenvalue weighted by Crippen LogP contribution is 2.57. The molecule has 3 aromatic rings. The monoisotopic (exact) mass is 342 g/mol. The quantitative estimate of drug-likeness (QED) is 0.480. The molecule has 3 aromatic carbocycles. The first kappa shape index (κ1) is 15.7. The molecule has 0 atom stereocenters. The van der Waals surface area contributed by atoms with Gasteiger partial charge in [-0.3, -0.25) is 0 Å². The lowest BCUT2D eigenvalue weighted by Gasteiger charge is -2.40. The Bertz CT molecular complexity index is 1040. The van der Waals surface area contributed by atoms with Crippen LogP contribution in [0.1, 0.15) is 45.7 Å². The smallest absolute Gasteiger partial charge is 0.0958 e. The summed E-state index contributed by atoms with van der Waals surface area (Å²) in [5.74, 6) is 0. The molecule has 5 rings (SSSR count). The van der Waals surface area contributed by atoms with Gasteiger partial charge in [0.05, 0.1) is 18.0 Å². The van der Waals surface area contributed by atoms with E-state index in [0.29, 0.717) is 0 Å². The Balaban J connectivity index is 1.86. The van der Waals surface area contributed by atoms with Gasteiger partial charge >= 0.3 is 0 Å². The fourth-order valence-corrected chi connectivity index (χ4v) is 4.87. The molecule has 0 unspecified atom stereocenters. The summed E-state index contributed by atoms with van der Waals surface area (Å²) >= 11 is 0. The van der Waals surface area contributed by atoms with Crippen LogP contribution in [-0.4, -0.2) is 12.2 Å². The van der Waals surface area contributed by atoms with E-state index in [-0.39, 0.29) is 11.0 Å². The summed E-state index contributed by atoms with van der Waals surface area (Å²) in [5.41, 5.74) is 7.08. The van der Waals surface area contributed by atoms with E-state index >= 15 is 0 Å². The Morgan fingerprint density at radius 2 is 1.62 bits per heavy atom. The third kappa shape index (κ3) is 1.87. The first-order valence-electron chi connectivity index (χ1n) is 9.51. The average Bonchev–Trinajstić information content (AvgIpc) is 3.00. The number of nitrogens with zero attached hydrogens (tertiary/aromatic N) is 2. The van der Waals surface area contributed by atoms with Crippen LogP contribution in [0, 0.1) is 0 Å². The molecular weight excluding hydrogens is 316 g/mol. The van der Waals surface area contributed by atoms with Gasteiger partial charge in [-0.05, 0) is 54.8 Å². The van der Waals surface area contributed by atoms with Crippen molar-refractivity contribution in [2.45, 2.75) is 45.6 Å². The normalized spacial score (nSPS) is 17.4. The minimum Gasteiger partial charge on any atom is -0.347 e. The van der Waals surface area contributed by atoms with Crippen molar-refractivity contribution in [1.82, 2.24) is 0 Å². The molecule has 0 radical (unpaired) electrons. The van der Waals surface area contributed by atoms with Crippen molar-refractivity contribution in [2.24, 2.45) is 0 Å². The second kappa shape index (κ2) is 4.82. The molecule has 0 amide bonds. The van der Waals surface area contributed by atoms with E-state index in [4.69, 9.17) is 0 Å². The van der Waals surface area contributed by atoms with Gasteiger partial charge in [-0.25, -0.2) is 0 Å². The molecule has 0 aromatic heterocycles. The van der Waals surface area contributed by atoms with Crippen molar-refractivity contribution in [3.63, 3.8) is 0 Å². The summed E-state index contributed by atoms with van der Waals surface area (Å²) < 4.78 is 0. The van der Waals surface area contributed by atoms with E-state index in [9.17, 15) is 0 Å². The molecule has 0 N–H and O–H groups in total. The molecule has 0 saturated heterocycles. The topological polar surface area (TPSA) is 6.48 Å². The highest BCUT2D eigenvalue weighted by atomic mass is 15.4. The van der Waals surface area contributed by atoms with Crippen molar-refractivity contribution in [3.8, 4) is 0 Å². The van der Waals surface area contributed by atoms with E-state index < -0.39 is 0 Å². The predicted octanol–water partition coefficient (Wildman–Crippen LogP) is 6.19. The van der Waals surface area contributed by atoms with Crippen LogP contribution < -0.4 is 9.80 Å². The molecule has 0 spiro atoms. The number of anilines is 3. The summed E-state index contributed by atoms with van der Waals surface area (Å²) in [6.45, 7) is 12.6. The Morgan fingerprint density at radius 1 is 0.846 bits per heavy atom. The van der Waals surface area contributed by atoms with Gasteiger partial charge in [-0.1, -0.05) is 56.3 Å². The van der Waals surface area contributed by atoms with E-state index in [2.05, 4.69) is 99.0 Å². The molecule has 132 valence electrons. The zero-order chi connectivity index (χ0) is 18.3. The van der Waals surface area contributed by atoms with Crippen LogP contribution in [0.5, 0.6) is 0 Å². The minimum atomic E-state index is -0.0219. The number of rotatable bonds is 0. The van der Waals surface area contributed by atoms with Gasteiger partial charge < -0.3 is 9.80 Å². The van der Waals surface area contributed by atoms with Crippen molar-refractivity contribution in [1.29, 1.82) is 0 Å². The third-order valence-corrected chi connectivity index (χ3v) is 6.16. The standard InChI is InChI=1S/C24H26N2/c1-23(2,3)26-15-25-19-14-13-16-9-6-7-10-17(16)21(19)24(4,5)18-11-8-12-20(26)22(18)25/h6-14H,15H2,1-5H3. The minimum absolute atomic E-state index is 0.0219. The third-order valence-electron chi connectivity index (χ3n) is 6.16. The highest BCUT2D eigenvalue weighted by molar-refractivity contribution is 5.99. The molecule has 2 heteroatoms. The van der Waals surface area contributed by atoms with Gasteiger partial charge in [0.2, 0.25) is 0 Å². The number of hydrogen-bond donors (Lipinski definition) is 0. The zero-order valence-corrected chi connectivity index (χ0v) is 16.3. The highest BCUT2D eigenvalue weighted by Gasteiger charge is 2.44. The maximum atomic E-state index is 2.53. The first-order chi connectivity index (χ1) is 12.3. The molecule has 2 aliphatic heterocycles. The zero-order valence-electron chi connectivity index (χ0n) is 16.3. The SMILES string of the molecule is CC1(C)c2cccc3c2N(CN3C(C)(C)C)c2ccc3ccccc3c21. The van der Waals surface area contributed by atoms with E-state index in [1.807, 2.05) is 0 Å². The largest absolute Gasteiger partial charge is 0.347 e. The summed E-state index contributed by atoms with van der Waals surface area (Å²) in [4.78, 5) is 5.06. The van der Waals surface area contributed by atoms with Gasteiger partial charge in [0.25, 0.3) is 0 Å². The van der Waals surface area contributed by atoms with Crippen LogP contribution in [0.4, 0.5) is 17.1 Å². The van der Waals surface area contributed by atoms with Crippen LogP contribution in [0.25, 0.3) is 10.8 Å². The van der Waals surface area contributed by atoms with Gasteiger partial charge in [0, 0.05) is 16.6 Å². The van der Waals surface area contributed by atoms with Crippen molar-refractivity contribution >= 4 is 27.8 Å². The maximum absolute atomic E-state index is 2.53.